The number of carbonyl (C=O) groups is 1. The first-order valence-corrected chi connectivity index (χ1v) is 6.25. The van der Waals surface area contributed by atoms with Crippen LogP contribution in [0.1, 0.15) is 23.1 Å². The number of methoxy groups -OCH3 is 1. The molecular weight excluding hydrogens is 256 g/mol. The van der Waals surface area contributed by atoms with Gasteiger partial charge in [-0.1, -0.05) is 0 Å². The summed E-state index contributed by atoms with van der Waals surface area (Å²) >= 11 is 0. The lowest BCUT2D eigenvalue weighted by Crippen LogP contribution is -2.34. The van der Waals surface area contributed by atoms with E-state index in [0.717, 1.165) is 5.69 Å². The maximum atomic E-state index is 12.0. The van der Waals surface area contributed by atoms with E-state index in [1.54, 1.807) is 44.0 Å². The number of amides is 1. The summed E-state index contributed by atoms with van der Waals surface area (Å²) in [5.41, 5.74) is 1.16. The Bertz CT molecular complexity index is 574. The van der Waals surface area contributed by atoms with Gasteiger partial charge in [-0.25, -0.2) is 0 Å². The number of pyridine rings is 1. The largest absolute Gasteiger partial charge is 0.497 e. The summed E-state index contributed by atoms with van der Waals surface area (Å²) < 4.78 is 5.07. The normalized spacial score (nSPS) is 11.7. The Balaban J connectivity index is 1.96. The highest BCUT2D eigenvalue weighted by Crippen LogP contribution is 2.10. The maximum Gasteiger partial charge on any atom is 0.270 e. The fourth-order valence-electron chi connectivity index (χ4n) is 1.76. The molecule has 0 aliphatic carbocycles. The number of rotatable bonds is 5. The highest BCUT2D eigenvalue weighted by atomic mass is 16.5. The molecule has 1 unspecified atom stereocenters. The SMILES string of the molecule is COc1ccnc(C(=O)NC(C)Cc2cnccn2)c1. The molecular formula is C14H16N4O2. The van der Waals surface area contributed by atoms with E-state index in [-0.39, 0.29) is 11.9 Å². The van der Waals surface area contributed by atoms with E-state index in [4.69, 9.17) is 4.74 Å². The Morgan fingerprint density at radius 1 is 1.35 bits per heavy atom. The van der Waals surface area contributed by atoms with Crippen molar-refractivity contribution in [2.24, 2.45) is 0 Å². The molecule has 0 saturated heterocycles. The number of nitrogens with zero attached hydrogens (tertiary/aromatic N) is 3. The third kappa shape index (κ3) is 3.74. The molecule has 0 radical (unpaired) electrons. The molecule has 1 N–H and O–H groups in total. The maximum absolute atomic E-state index is 12.0. The fraction of sp³-hybridized carbons (Fsp3) is 0.286. The van der Waals surface area contributed by atoms with Crippen LogP contribution in [0.5, 0.6) is 5.75 Å². The molecule has 0 spiro atoms. The van der Waals surface area contributed by atoms with E-state index >= 15 is 0 Å². The molecule has 2 heterocycles. The predicted octanol–water partition coefficient (Wildman–Crippen LogP) is 1.24. The van der Waals surface area contributed by atoms with Gasteiger partial charge in [0.2, 0.25) is 0 Å². The first-order chi connectivity index (χ1) is 9.69. The minimum atomic E-state index is -0.236. The van der Waals surface area contributed by atoms with Gasteiger partial charge in [0, 0.05) is 43.3 Å². The number of ether oxygens (including phenoxy) is 1. The van der Waals surface area contributed by atoms with Crippen molar-refractivity contribution in [3.05, 3.63) is 48.3 Å². The van der Waals surface area contributed by atoms with Crippen LogP contribution >= 0.6 is 0 Å². The molecule has 104 valence electrons. The van der Waals surface area contributed by atoms with Crippen molar-refractivity contribution >= 4 is 5.91 Å². The fourth-order valence-corrected chi connectivity index (χ4v) is 1.76. The molecule has 2 aromatic rings. The van der Waals surface area contributed by atoms with E-state index in [1.165, 1.54) is 0 Å². The monoisotopic (exact) mass is 272 g/mol. The van der Waals surface area contributed by atoms with Gasteiger partial charge in [-0.3, -0.25) is 19.7 Å². The van der Waals surface area contributed by atoms with Crippen molar-refractivity contribution in [3.63, 3.8) is 0 Å². The summed E-state index contributed by atoms with van der Waals surface area (Å²) in [6.45, 7) is 1.91. The minimum absolute atomic E-state index is 0.0628. The molecule has 1 amide bonds. The van der Waals surface area contributed by atoms with Crippen LogP contribution < -0.4 is 10.1 Å². The zero-order valence-corrected chi connectivity index (χ0v) is 11.4. The molecule has 2 rings (SSSR count). The highest BCUT2D eigenvalue weighted by Gasteiger charge is 2.12. The molecule has 0 aliphatic heterocycles. The second-order valence-corrected chi connectivity index (χ2v) is 4.36. The molecule has 0 fully saturated rings. The van der Waals surface area contributed by atoms with Gasteiger partial charge in [0.15, 0.2) is 0 Å². The average Bonchev–Trinajstić information content (AvgIpc) is 2.48. The van der Waals surface area contributed by atoms with Crippen molar-refractivity contribution in [1.82, 2.24) is 20.3 Å². The lowest BCUT2D eigenvalue weighted by atomic mass is 10.2. The van der Waals surface area contributed by atoms with Gasteiger partial charge >= 0.3 is 0 Å². The molecule has 6 nitrogen and oxygen atoms in total. The van der Waals surface area contributed by atoms with E-state index in [2.05, 4.69) is 20.3 Å². The van der Waals surface area contributed by atoms with Gasteiger partial charge < -0.3 is 10.1 Å². The zero-order chi connectivity index (χ0) is 14.4. The van der Waals surface area contributed by atoms with Gasteiger partial charge in [-0.05, 0) is 13.0 Å². The topological polar surface area (TPSA) is 77.0 Å². The summed E-state index contributed by atoms with van der Waals surface area (Å²) in [7, 11) is 1.55. The summed E-state index contributed by atoms with van der Waals surface area (Å²) in [6, 6.07) is 3.23. The number of aromatic nitrogens is 3. The first-order valence-electron chi connectivity index (χ1n) is 6.25. The standard InChI is InChI=1S/C14H16N4O2/c1-10(7-11-9-15-5-6-16-11)18-14(19)13-8-12(20-2)3-4-17-13/h3-6,8-10H,7H2,1-2H3,(H,18,19). The summed E-state index contributed by atoms with van der Waals surface area (Å²) in [5.74, 6) is 0.368. The lowest BCUT2D eigenvalue weighted by Gasteiger charge is -2.13. The van der Waals surface area contributed by atoms with Crippen LogP contribution in [0, 0.1) is 0 Å². The molecule has 2 aromatic heterocycles. The van der Waals surface area contributed by atoms with Crippen molar-refractivity contribution in [3.8, 4) is 5.75 Å². The molecule has 0 aromatic carbocycles. The second kappa shape index (κ2) is 6.60. The van der Waals surface area contributed by atoms with E-state index in [9.17, 15) is 4.79 Å². The van der Waals surface area contributed by atoms with Crippen LogP contribution in [0.15, 0.2) is 36.9 Å². The summed E-state index contributed by atoms with van der Waals surface area (Å²) in [4.78, 5) is 24.2. The number of carbonyl (C=O) groups excluding carboxylic acids is 1. The van der Waals surface area contributed by atoms with Crippen molar-refractivity contribution in [2.75, 3.05) is 7.11 Å². The number of nitrogens with one attached hydrogen (secondary N) is 1. The van der Waals surface area contributed by atoms with Crippen LogP contribution in [-0.4, -0.2) is 34.0 Å². The van der Waals surface area contributed by atoms with Crippen LogP contribution in [0.25, 0.3) is 0 Å². The smallest absolute Gasteiger partial charge is 0.270 e. The Kier molecular flexibility index (Phi) is 4.60. The Labute approximate surface area is 117 Å². The zero-order valence-electron chi connectivity index (χ0n) is 11.4. The second-order valence-electron chi connectivity index (χ2n) is 4.36. The van der Waals surface area contributed by atoms with Crippen LogP contribution in [0.2, 0.25) is 0 Å². The molecule has 0 bridgehead atoms. The Morgan fingerprint density at radius 3 is 2.90 bits per heavy atom. The Hall–Kier alpha value is -2.50. The average molecular weight is 272 g/mol. The molecule has 0 aliphatic rings. The summed E-state index contributed by atoms with van der Waals surface area (Å²) in [5, 5.41) is 2.87. The van der Waals surface area contributed by atoms with Crippen molar-refractivity contribution in [1.29, 1.82) is 0 Å². The van der Waals surface area contributed by atoms with Crippen molar-refractivity contribution in [2.45, 2.75) is 19.4 Å². The first kappa shape index (κ1) is 13.9. The predicted molar refractivity (Wildman–Crippen MR) is 73.5 cm³/mol. The molecule has 0 saturated carbocycles. The number of hydrogen-bond donors (Lipinski definition) is 1. The van der Waals surface area contributed by atoms with Gasteiger partial charge in [-0.2, -0.15) is 0 Å². The van der Waals surface area contributed by atoms with E-state index < -0.39 is 0 Å². The molecule has 20 heavy (non-hydrogen) atoms. The van der Waals surface area contributed by atoms with Crippen molar-refractivity contribution < 1.29 is 9.53 Å². The number of hydrogen-bond acceptors (Lipinski definition) is 5. The lowest BCUT2D eigenvalue weighted by molar-refractivity contribution is 0.0934. The summed E-state index contributed by atoms with van der Waals surface area (Å²) in [6.07, 6.45) is 7.09. The highest BCUT2D eigenvalue weighted by molar-refractivity contribution is 5.92. The molecule has 1 atom stereocenters. The van der Waals surface area contributed by atoms with Gasteiger partial charge in [0.25, 0.3) is 5.91 Å². The van der Waals surface area contributed by atoms with Gasteiger partial charge in [-0.15, -0.1) is 0 Å². The van der Waals surface area contributed by atoms with Gasteiger partial charge in [0.1, 0.15) is 11.4 Å². The third-order valence-electron chi connectivity index (χ3n) is 2.71. The van der Waals surface area contributed by atoms with Gasteiger partial charge in [0.05, 0.1) is 12.8 Å². The quantitative estimate of drug-likeness (QED) is 0.886. The Morgan fingerprint density at radius 2 is 2.20 bits per heavy atom. The van der Waals surface area contributed by atoms with E-state index in [1.807, 2.05) is 6.92 Å². The van der Waals surface area contributed by atoms with E-state index in [0.29, 0.717) is 17.9 Å². The van der Waals surface area contributed by atoms with Crippen LogP contribution in [-0.2, 0) is 6.42 Å². The van der Waals surface area contributed by atoms with Crippen LogP contribution in [0.3, 0.4) is 0 Å². The third-order valence-corrected chi connectivity index (χ3v) is 2.71. The minimum Gasteiger partial charge on any atom is -0.497 e. The van der Waals surface area contributed by atoms with Crippen LogP contribution in [0.4, 0.5) is 0 Å². The molecule has 6 heteroatoms.